The number of piperazine rings is 1. The minimum absolute atomic E-state index is 0.0497. The van der Waals surface area contributed by atoms with Crippen molar-refractivity contribution in [3.63, 3.8) is 0 Å². The topological polar surface area (TPSA) is 138 Å². The van der Waals surface area contributed by atoms with Crippen molar-refractivity contribution in [1.82, 2.24) is 24.9 Å². The van der Waals surface area contributed by atoms with Gasteiger partial charge in [-0.2, -0.15) is 5.10 Å². The Morgan fingerprint density at radius 3 is 2.17 bits per heavy atom. The third-order valence-electron chi connectivity index (χ3n) is 8.91. The molecule has 12 nitrogen and oxygen atoms in total. The molecule has 2 aromatic rings. The number of amides is 4. The molecule has 0 bridgehead atoms. The average Bonchev–Trinajstić information content (AvgIpc) is 3.46. The van der Waals surface area contributed by atoms with Gasteiger partial charge in [-0.15, -0.1) is 0 Å². The average molecular weight is 638 g/mol. The number of carbonyl (C=O) groups is 4. The van der Waals surface area contributed by atoms with Crippen LogP contribution >= 0.6 is 0 Å². The number of alkyl carbamates (subject to hydrolysis) is 1. The second-order valence-electron chi connectivity index (χ2n) is 13.5. The minimum atomic E-state index is -0.845. The second-order valence-corrected chi connectivity index (χ2v) is 13.5. The normalized spacial score (nSPS) is 18.3. The molecule has 1 saturated carbocycles. The third-order valence-corrected chi connectivity index (χ3v) is 8.91. The Bertz CT molecular complexity index is 1340. The molecule has 2 heterocycles. The first kappa shape index (κ1) is 34.9. The van der Waals surface area contributed by atoms with Gasteiger partial charge in [0.1, 0.15) is 23.4 Å². The van der Waals surface area contributed by atoms with E-state index in [2.05, 4.69) is 25.9 Å². The van der Waals surface area contributed by atoms with Crippen molar-refractivity contribution in [2.75, 3.05) is 43.9 Å². The van der Waals surface area contributed by atoms with Crippen molar-refractivity contribution in [1.29, 1.82) is 0 Å². The third kappa shape index (κ3) is 9.31. The predicted molar refractivity (Wildman–Crippen MR) is 177 cm³/mol. The summed E-state index contributed by atoms with van der Waals surface area (Å²) in [4.78, 5) is 57.7. The van der Waals surface area contributed by atoms with Crippen LogP contribution in [0.4, 0.5) is 16.3 Å². The standard InChI is InChI=1S/C34H51N7O5/c1-7-41-27(17-18-35-41)37-31(43)28(25-11-9-8-10-12-25)30(42)36-26-15-13-24(14-16-26)23(2)29(38-33(45)46-34(3,4)5)32(44)40-21-19-39(6)20-22-40/h13-18,23,25,28-29H,7-12,19-22H2,1-6H3,(H,36,42)(H,37,43)(H,38,45)/t23-,28-,29+/m0/s1. The van der Waals surface area contributed by atoms with Gasteiger partial charge in [-0.3, -0.25) is 14.4 Å². The summed E-state index contributed by atoms with van der Waals surface area (Å²) in [5.74, 6) is -1.54. The fourth-order valence-electron chi connectivity index (χ4n) is 6.25. The molecule has 12 heteroatoms. The SMILES string of the molecule is CCn1nccc1NC(=O)[C@H](C(=O)Nc1ccc([C@H](C)[C@@H](NC(=O)OC(C)(C)C)C(=O)N2CCN(C)CC2)cc1)C1CCCCC1. The molecule has 1 aromatic heterocycles. The summed E-state index contributed by atoms with van der Waals surface area (Å²) in [5, 5.41) is 13.0. The molecule has 3 atom stereocenters. The fourth-order valence-corrected chi connectivity index (χ4v) is 6.25. The summed E-state index contributed by atoms with van der Waals surface area (Å²) < 4.78 is 7.18. The number of hydrogen-bond donors (Lipinski definition) is 3. The second kappa shape index (κ2) is 15.6. The van der Waals surface area contributed by atoms with Crippen molar-refractivity contribution < 1.29 is 23.9 Å². The number of anilines is 2. The Morgan fingerprint density at radius 2 is 1.57 bits per heavy atom. The zero-order valence-electron chi connectivity index (χ0n) is 28.2. The lowest BCUT2D eigenvalue weighted by atomic mass is 9.79. The van der Waals surface area contributed by atoms with Crippen molar-refractivity contribution in [3.05, 3.63) is 42.1 Å². The van der Waals surface area contributed by atoms with Gasteiger partial charge in [0.15, 0.2) is 0 Å². The number of rotatable bonds is 10. The molecule has 3 N–H and O–H groups in total. The molecule has 46 heavy (non-hydrogen) atoms. The molecule has 0 spiro atoms. The zero-order chi connectivity index (χ0) is 33.4. The maximum Gasteiger partial charge on any atom is 0.408 e. The van der Waals surface area contributed by atoms with Gasteiger partial charge in [0.2, 0.25) is 17.7 Å². The first-order valence-electron chi connectivity index (χ1n) is 16.6. The van der Waals surface area contributed by atoms with E-state index in [1.54, 1.807) is 54.7 Å². The molecule has 4 rings (SSSR count). The molecular formula is C34H51N7O5. The largest absolute Gasteiger partial charge is 0.444 e. The van der Waals surface area contributed by atoms with Gasteiger partial charge in [-0.25, -0.2) is 9.48 Å². The van der Waals surface area contributed by atoms with E-state index in [0.29, 0.717) is 31.1 Å². The number of hydrogen-bond acceptors (Lipinski definition) is 7. The lowest BCUT2D eigenvalue weighted by Crippen LogP contribution is -2.56. The maximum atomic E-state index is 13.7. The Labute approximate surface area is 272 Å². The van der Waals surface area contributed by atoms with Crippen molar-refractivity contribution in [2.45, 2.75) is 90.8 Å². The van der Waals surface area contributed by atoms with E-state index in [1.807, 2.05) is 33.0 Å². The number of aryl methyl sites for hydroxylation is 1. The van der Waals surface area contributed by atoms with Crippen molar-refractivity contribution in [2.24, 2.45) is 11.8 Å². The molecule has 1 aliphatic heterocycles. The molecular weight excluding hydrogens is 586 g/mol. The van der Waals surface area contributed by atoms with E-state index in [1.165, 1.54) is 0 Å². The van der Waals surface area contributed by atoms with Crippen LogP contribution in [0.2, 0.25) is 0 Å². The molecule has 1 aliphatic carbocycles. The maximum absolute atomic E-state index is 13.7. The lowest BCUT2D eigenvalue weighted by Gasteiger charge is -2.36. The van der Waals surface area contributed by atoms with E-state index in [0.717, 1.165) is 50.8 Å². The van der Waals surface area contributed by atoms with Gasteiger partial charge in [0.05, 0.1) is 6.20 Å². The van der Waals surface area contributed by atoms with E-state index in [9.17, 15) is 19.2 Å². The van der Waals surface area contributed by atoms with Crippen molar-refractivity contribution in [3.8, 4) is 0 Å². The summed E-state index contributed by atoms with van der Waals surface area (Å²) in [6.07, 6.45) is 5.72. The predicted octanol–water partition coefficient (Wildman–Crippen LogP) is 4.45. The van der Waals surface area contributed by atoms with Crippen molar-refractivity contribution >= 4 is 35.3 Å². The molecule has 1 saturated heterocycles. The summed E-state index contributed by atoms with van der Waals surface area (Å²) in [6, 6.07) is 8.13. The molecule has 2 aliphatic rings. The number of benzene rings is 1. The number of ether oxygens (including phenoxy) is 1. The van der Waals surface area contributed by atoms with Gasteiger partial charge in [0, 0.05) is 50.4 Å². The quantitative estimate of drug-likeness (QED) is 0.328. The highest BCUT2D eigenvalue weighted by atomic mass is 16.6. The highest BCUT2D eigenvalue weighted by Gasteiger charge is 2.37. The van der Waals surface area contributed by atoms with Gasteiger partial charge in [0.25, 0.3) is 0 Å². The van der Waals surface area contributed by atoms with E-state index >= 15 is 0 Å². The Morgan fingerprint density at radius 1 is 0.935 bits per heavy atom. The summed E-state index contributed by atoms with van der Waals surface area (Å²) in [6.45, 7) is 12.5. The van der Waals surface area contributed by atoms with Gasteiger partial charge >= 0.3 is 6.09 Å². The highest BCUT2D eigenvalue weighted by Crippen LogP contribution is 2.32. The Kier molecular flexibility index (Phi) is 11.8. The van der Waals surface area contributed by atoms with Crippen LogP contribution < -0.4 is 16.0 Å². The number of nitrogens with one attached hydrogen (secondary N) is 3. The molecule has 0 radical (unpaired) electrons. The van der Waals surface area contributed by atoms with E-state index in [-0.39, 0.29) is 29.6 Å². The summed E-state index contributed by atoms with van der Waals surface area (Å²) in [5.41, 5.74) is 0.657. The van der Waals surface area contributed by atoms with Crippen LogP contribution in [0.25, 0.3) is 0 Å². The van der Waals surface area contributed by atoms with Crippen LogP contribution in [0.1, 0.15) is 78.2 Å². The molecule has 252 valence electrons. The Balaban J connectivity index is 1.49. The summed E-state index contributed by atoms with van der Waals surface area (Å²) in [7, 11) is 2.02. The van der Waals surface area contributed by atoms with E-state index < -0.39 is 23.7 Å². The molecule has 0 unspecified atom stereocenters. The van der Waals surface area contributed by atoms with Crippen LogP contribution in [0.15, 0.2) is 36.5 Å². The minimum Gasteiger partial charge on any atom is -0.444 e. The first-order chi connectivity index (χ1) is 21.9. The fraction of sp³-hybridized carbons (Fsp3) is 0.618. The van der Waals surface area contributed by atoms with Crippen LogP contribution in [0.5, 0.6) is 0 Å². The number of nitrogens with zero attached hydrogens (tertiary/aromatic N) is 4. The first-order valence-corrected chi connectivity index (χ1v) is 16.6. The monoisotopic (exact) mass is 637 g/mol. The smallest absolute Gasteiger partial charge is 0.408 e. The molecule has 2 fully saturated rings. The highest BCUT2D eigenvalue weighted by molar-refractivity contribution is 6.10. The number of carbonyl (C=O) groups excluding carboxylic acids is 4. The molecule has 4 amide bonds. The van der Waals surface area contributed by atoms with Crippen LogP contribution in [-0.2, 0) is 25.7 Å². The Hall–Kier alpha value is -3.93. The van der Waals surface area contributed by atoms with Gasteiger partial charge in [-0.05, 0) is 71.2 Å². The lowest BCUT2D eigenvalue weighted by molar-refractivity contribution is -0.135. The van der Waals surface area contributed by atoms with Crippen LogP contribution in [-0.4, -0.2) is 88.3 Å². The molecule has 1 aromatic carbocycles. The van der Waals surface area contributed by atoms with Gasteiger partial charge < -0.3 is 30.5 Å². The number of likely N-dealkylation sites (N-methyl/N-ethyl adjacent to an activating group) is 1. The number of aromatic nitrogens is 2. The zero-order valence-corrected chi connectivity index (χ0v) is 28.2. The van der Waals surface area contributed by atoms with E-state index in [4.69, 9.17) is 4.74 Å². The van der Waals surface area contributed by atoms with Crippen LogP contribution in [0, 0.1) is 11.8 Å². The van der Waals surface area contributed by atoms with Crippen LogP contribution in [0.3, 0.4) is 0 Å². The van der Waals surface area contributed by atoms with Gasteiger partial charge in [-0.1, -0.05) is 38.3 Å². The summed E-state index contributed by atoms with van der Waals surface area (Å²) >= 11 is 0.